The highest BCUT2D eigenvalue weighted by atomic mass is 16.7. The van der Waals surface area contributed by atoms with Crippen LogP contribution in [0.1, 0.15) is 27.0 Å². The van der Waals surface area contributed by atoms with Gasteiger partial charge in [0.15, 0.2) is 0 Å². The molecule has 0 spiro atoms. The SMILES string of the molecule is COc1ccc(-c2ccc(C(=O)N3CCOCC3)cc2C2(c3ccc(C#N)cc3)OC=CO2)cc1. The Morgan fingerprint density at radius 2 is 1.66 bits per heavy atom. The van der Waals surface area contributed by atoms with Gasteiger partial charge in [-0.25, -0.2) is 0 Å². The minimum atomic E-state index is -1.31. The van der Waals surface area contributed by atoms with Crippen molar-refractivity contribution in [2.75, 3.05) is 33.4 Å². The standard InChI is InChI=1S/C28H24N2O5/c1-32-24-9-4-21(5-10-24)25-11-6-22(27(31)30-12-14-33-15-13-30)18-26(25)28(34-16-17-35-28)23-7-2-20(19-29)3-8-23/h2-11,16-18H,12-15H2,1H3. The van der Waals surface area contributed by atoms with Crippen molar-refractivity contribution in [3.05, 3.63) is 102 Å². The van der Waals surface area contributed by atoms with Gasteiger partial charge in [0, 0.05) is 29.8 Å². The van der Waals surface area contributed by atoms with Gasteiger partial charge in [0.2, 0.25) is 0 Å². The van der Waals surface area contributed by atoms with Gasteiger partial charge in [0.05, 0.1) is 32.0 Å². The van der Waals surface area contributed by atoms with Gasteiger partial charge in [0.25, 0.3) is 5.91 Å². The van der Waals surface area contributed by atoms with Crippen molar-refractivity contribution < 1.29 is 23.7 Å². The lowest BCUT2D eigenvalue weighted by Gasteiger charge is -2.32. The Balaban J connectivity index is 1.66. The first kappa shape index (κ1) is 22.5. The molecular weight excluding hydrogens is 444 g/mol. The number of amides is 1. The Bertz CT molecular complexity index is 1280. The Labute approximate surface area is 203 Å². The molecule has 0 radical (unpaired) electrons. The Hall–Kier alpha value is -4.28. The number of morpholine rings is 1. The number of nitrogens with zero attached hydrogens (tertiary/aromatic N) is 2. The van der Waals surface area contributed by atoms with Gasteiger partial charge >= 0.3 is 5.79 Å². The van der Waals surface area contributed by atoms with E-state index in [2.05, 4.69) is 6.07 Å². The normalized spacial score (nSPS) is 16.2. The number of ether oxygens (including phenoxy) is 4. The maximum absolute atomic E-state index is 13.3. The van der Waals surface area contributed by atoms with Gasteiger partial charge in [0.1, 0.15) is 18.3 Å². The fraction of sp³-hybridized carbons (Fsp3) is 0.214. The quantitative estimate of drug-likeness (QED) is 0.551. The molecule has 1 saturated heterocycles. The molecule has 1 amide bonds. The highest BCUT2D eigenvalue weighted by Crippen LogP contribution is 2.44. The third kappa shape index (κ3) is 4.20. The third-order valence-electron chi connectivity index (χ3n) is 6.24. The van der Waals surface area contributed by atoms with E-state index in [9.17, 15) is 10.1 Å². The van der Waals surface area contributed by atoms with E-state index in [1.807, 2.05) is 42.5 Å². The summed E-state index contributed by atoms with van der Waals surface area (Å²) >= 11 is 0. The summed E-state index contributed by atoms with van der Waals surface area (Å²) in [6.45, 7) is 2.13. The number of methoxy groups -OCH3 is 1. The summed E-state index contributed by atoms with van der Waals surface area (Å²) in [6, 6.07) is 22.4. The molecule has 0 aromatic heterocycles. The second-order valence-corrected chi connectivity index (χ2v) is 8.21. The van der Waals surface area contributed by atoms with Gasteiger partial charge in [-0.2, -0.15) is 5.26 Å². The number of carbonyl (C=O) groups is 1. The van der Waals surface area contributed by atoms with Crippen molar-refractivity contribution in [2.24, 2.45) is 0 Å². The second kappa shape index (κ2) is 9.53. The topological polar surface area (TPSA) is 81.0 Å². The van der Waals surface area contributed by atoms with Crippen molar-refractivity contribution >= 4 is 5.91 Å². The largest absolute Gasteiger partial charge is 0.497 e. The molecule has 3 aromatic carbocycles. The number of benzene rings is 3. The molecule has 0 atom stereocenters. The Morgan fingerprint density at radius 1 is 0.971 bits per heavy atom. The van der Waals surface area contributed by atoms with Gasteiger partial charge in [-0.05, 0) is 59.7 Å². The van der Waals surface area contributed by atoms with Crippen LogP contribution < -0.4 is 4.74 Å². The molecule has 3 aromatic rings. The number of hydrogen-bond acceptors (Lipinski definition) is 6. The van der Waals surface area contributed by atoms with Crippen molar-refractivity contribution in [1.29, 1.82) is 5.26 Å². The molecule has 7 heteroatoms. The molecule has 0 unspecified atom stereocenters. The minimum Gasteiger partial charge on any atom is -0.497 e. The van der Waals surface area contributed by atoms with Gasteiger partial charge in [-0.15, -0.1) is 0 Å². The van der Waals surface area contributed by atoms with Crippen LogP contribution in [0.4, 0.5) is 0 Å². The van der Waals surface area contributed by atoms with Crippen LogP contribution in [0.25, 0.3) is 11.1 Å². The summed E-state index contributed by atoms with van der Waals surface area (Å²) in [5, 5.41) is 9.25. The lowest BCUT2D eigenvalue weighted by Crippen LogP contribution is -2.41. The molecular formula is C28H24N2O5. The van der Waals surface area contributed by atoms with E-state index in [0.717, 1.165) is 16.9 Å². The van der Waals surface area contributed by atoms with Crippen LogP contribution in [-0.4, -0.2) is 44.2 Å². The molecule has 35 heavy (non-hydrogen) atoms. The summed E-state index contributed by atoms with van der Waals surface area (Å²) in [5.74, 6) is -0.645. The van der Waals surface area contributed by atoms with E-state index in [4.69, 9.17) is 18.9 Å². The van der Waals surface area contributed by atoms with Gasteiger partial charge in [-0.3, -0.25) is 4.79 Å². The third-order valence-corrected chi connectivity index (χ3v) is 6.24. The van der Waals surface area contributed by atoms with Crippen LogP contribution >= 0.6 is 0 Å². The fourth-order valence-electron chi connectivity index (χ4n) is 4.38. The average molecular weight is 469 g/mol. The molecule has 0 N–H and O–H groups in total. The van der Waals surface area contributed by atoms with E-state index in [1.54, 1.807) is 36.3 Å². The van der Waals surface area contributed by atoms with Crippen molar-refractivity contribution in [1.82, 2.24) is 4.90 Å². The molecule has 0 bridgehead atoms. The molecule has 5 rings (SSSR count). The van der Waals surface area contributed by atoms with Gasteiger partial charge < -0.3 is 23.8 Å². The van der Waals surface area contributed by atoms with Crippen LogP contribution in [-0.2, 0) is 20.0 Å². The van der Waals surface area contributed by atoms with Crippen molar-refractivity contribution in [3.8, 4) is 22.9 Å². The van der Waals surface area contributed by atoms with E-state index in [0.29, 0.717) is 48.6 Å². The lowest BCUT2D eigenvalue weighted by atomic mass is 9.88. The first-order valence-corrected chi connectivity index (χ1v) is 11.3. The maximum Gasteiger partial charge on any atom is 0.304 e. The van der Waals surface area contributed by atoms with Crippen molar-refractivity contribution in [3.63, 3.8) is 0 Å². The molecule has 0 aliphatic carbocycles. The molecule has 1 fully saturated rings. The number of nitriles is 1. The summed E-state index contributed by atoms with van der Waals surface area (Å²) in [6.07, 6.45) is 2.99. The Kier molecular flexibility index (Phi) is 6.13. The van der Waals surface area contributed by atoms with Crippen LogP contribution in [0, 0.1) is 11.3 Å². The summed E-state index contributed by atoms with van der Waals surface area (Å²) in [5.41, 5.74) is 4.20. The zero-order valence-corrected chi connectivity index (χ0v) is 19.3. The molecule has 0 saturated carbocycles. The zero-order valence-electron chi connectivity index (χ0n) is 19.3. The van der Waals surface area contributed by atoms with Crippen molar-refractivity contribution in [2.45, 2.75) is 5.79 Å². The monoisotopic (exact) mass is 468 g/mol. The smallest absolute Gasteiger partial charge is 0.304 e. The first-order chi connectivity index (χ1) is 17.1. The summed E-state index contributed by atoms with van der Waals surface area (Å²) in [4.78, 5) is 15.1. The molecule has 2 heterocycles. The average Bonchev–Trinajstić information content (AvgIpc) is 3.44. The van der Waals surface area contributed by atoms with E-state index in [-0.39, 0.29) is 5.91 Å². The maximum atomic E-state index is 13.3. The highest BCUT2D eigenvalue weighted by Gasteiger charge is 2.43. The Morgan fingerprint density at radius 3 is 2.29 bits per heavy atom. The first-order valence-electron chi connectivity index (χ1n) is 11.3. The van der Waals surface area contributed by atoms with E-state index >= 15 is 0 Å². The molecule has 176 valence electrons. The van der Waals surface area contributed by atoms with Crippen LogP contribution in [0.2, 0.25) is 0 Å². The highest BCUT2D eigenvalue weighted by molar-refractivity contribution is 5.95. The summed E-state index contributed by atoms with van der Waals surface area (Å²) < 4.78 is 23.0. The van der Waals surface area contributed by atoms with E-state index < -0.39 is 5.79 Å². The number of hydrogen-bond donors (Lipinski definition) is 0. The molecule has 2 aliphatic rings. The van der Waals surface area contributed by atoms with Gasteiger partial charge in [-0.1, -0.05) is 18.2 Å². The predicted octanol–water partition coefficient (Wildman–Crippen LogP) is 4.43. The fourth-order valence-corrected chi connectivity index (χ4v) is 4.38. The minimum absolute atomic E-state index is 0.0724. The second-order valence-electron chi connectivity index (χ2n) is 8.21. The predicted molar refractivity (Wildman–Crippen MR) is 128 cm³/mol. The van der Waals surface area contributed by atoms with Crippen LogP contribution in [0.15, 0.2) is 79.3 Å². The summed E-state index contributed by atoms with van der Waals surface area (Å²) in [7, 11) is 1.62. The van der Waals surface area contributed by atoms with E-state index in [1.165, 1.54) is 12.5 Å². The van der Waals surface area contributed by atoms with Crippen LogP contribution in [0.5, 0.6) is 5.75 Å². The molecule has 7 nitrogen and oxygen atoms in total. The zero-order chi connectivity index (χ0) is 24.3. The lowest BCUT2D eigenvalue weighted by molar-refractivity contribution is -0.112. The molecule has 2 aliphatic heterocycles. The number of rotatable bonds is 5. The van der Waals surface area contributed by atoms with Crippen LogP contribution in [0.3, 0.4) is 0 Å². The number of carbonyl (C=O) groups excluding carboxylic acids is 1.